The summed E-state index contributed by atoms with van der Waals surface area (Å²) < 4.78 is 71.4. The summed E-state index contributed by atoms with van der Waals surface area (Å²) in [5.74, 6) is 2.13. The van der Waals surface area contributed by atoms with E-state index in [1.165, 1.54) is 0 Å². The van der Waals surface area contributed by atoms with Crippen molar-refractivity contribution in [3.8, 4) is 28.7 Å². The van der Waals surface area contributed by atoms with E-state index in [9.17, 15) is 23.7 Å². The van der Waals surface area contributed by atoms with Crippen molar-refractivity contribution < 1.29 is 70.0 Å². The van der Waals surface area contributed by atoms with Gasteiger partial charge in [0.15, 0.2) is 30.7 Å². The number of esters is 4. The lowest BCUT2D eigenvalue weighted by Crippen LogP contribution is -2.37. The van der Waals surface area contributed by atoms with Crippen LogP contribution in [0.4, 0.5) is 0 Å². The Morgan fingerprint density at radius 3 is 1.00 bits per heavy atom. The molecule has 4 N–H and O–H groups in total. The van der Waals surface area contributed by atoms with E-state index in [1.54, 1.807) is 34.6 Å². The first-order valence-electron chi connectivity index (χ1n) is 40.2. The molecule has 0 bridgehead atoms. The van der Waals surface area contributed by atoms with Gasteiger partial charge in [0.2, 0.25) is 0 Å². The fourth-order valence-corrected chi connectivity index (χ4v) is 22.3. The molecule has 3 unspecified atom stereocenters. The predicted molar refractivity (Wildman–Crippen MR) is 513 cm³/mol. The van der Waals surface area contributed by atoms with E-state index >= 15 is 0 Å². The Hall–Kier alpha value is -6.28. The molecule has 0 saturated heterocycles. The van der Waals surface area contributed by atoms with Gasteiger partial charge >= 0.3 is 23.9 Å². The van der Waals surface area contributed by atoms with E-state index < -0.39 is 62.4 Å². The van der Waals surface area contributed by atoms with E-state index in [0.29, 0.717) is 54.0 Å². The summed E-state index contributed by atoms with van der Waals surface area (Å²) in [4.78, 5) is 48.0. The van der Waals surface area contributed by atoms with Crippen LogP contribution >= 0.6 is 45.2 Å². The molecule has 8 aromatic carbocycles. The van der Waals surface area contributed by atoms with Crippen molar-refractivity contribution in [2.75, 3.05) is 19.4 Å². The summed E-state index contributed by atoms with van der Waals surface area (Å²) in [6, 6.07) is 64.0. The molecule has 654 valence electrons. The molecule has 0 radical (unpaired) electrons. The molecular formula is C90H129N4O15P5S5. The standard InChI is InChI=1S/C25H29O3PS.C21H30NO3PS.2C15H24NO3PS.C14H22NO3PS/c1-19(24(30)27-17-20-11-6-5-7-12-20)18-29(26,25(2,3)4)28-23-16-10-14-21-13-8-9-15-22(21)23;1-15(2)26(27,22-16(3)20(23)24-14-21(4,5)6)25-19-13-9-11-17-10-7-8-12-18(17)19;2*1-11(2)18-15(17)13(5)16-20(21,12(3)4)19-14-9-7-6-8-10-14;1-5-17-14(16)12(4)15-19(20,11(2)3)18-13-9-7-6-8-10-13/h5-16,19H,17-18H2,1-4H3;7-13,15-16H,14H2,1-6H3,(H,22,27);2*6-13H,1-5H3,(H,16,21);6-12H,5H2,1-4H3,(H,15,20)/t19-,29?;16-,26?;13-,20+;13-,20-;12-,19?/m11110/s1. The molecule has 0 aliphatic rings. The number of carbonyl (C=O) groups excluding carboxylic acids is 4. The van der Waals surface area contributed by atoms with Crippen LogP contribution in [-0.4, -0.2) is 112 Å². The quantitative estimate of drug-likeness (QED) is 0.0125. The molecule has 0 fully saturated rings. The van der Waals surface area contributed by atoms with Crippen LogP contribution in [0.2, 0.25) is 0 Å². The summed E-state index contributed by atoms with van der Waals surface area (Å²) in [7, 11) is -3.10. The van der Waals surface area contributed by atoms with Crippen molar-refractivity contribution in [1.82, 2.24) is 20.3 Å². The first-order chi connectivity index (χ1) is 55.6. The third kappa shape index (κ3) is 36.2. The Morgan fingerprint density at radius 1 is 0.370 bits per heavy atom. The summed E-state index contributed by atoms with van der Waals surface area (Å²) in [5.41, 5.74) is 1.34. The summed E-state index contributed by atoms with van der Waals surface area (Å²) in [6.45, 7) is 47.2. The van der Waals surface area contributed by atoms with Gasteiger partial charge in [-0.1, -0.05) is 262 Å². The van der Waals surface area contributed by atoms with Crippen molar-refractivity contribution in [1.29, 1.82) is 0 Å². The van der Waals surface area contributed by atoms with Crippen LogP contribution in [-0.2, 0) is 101 Å². The van der Waals surface area contributed by atoms with Gasteiger partial charge in [0.25, 0.3) is 7.37 Å². The van der Waals surface area contributed by atoms with Gasteiger partial charge < -0.3 is 46.3 Å². The van der Waals surface area contributed by atoms with Crippen molar-refractivity contribution >= 4 is 143 Å². The first-order valence-corrected chi connectivity index (χ1v) is 53.6. The lowest BCUT2D eigenvalue weighted by atomic mass is 9.99. The van der Waals surface area contributed by atoms with Crippen molar-refractivity contribution in [2.24, 2.45) is 11.3 Å². The van der Waals surface area contributed by atoms with Crippen molar-refractivity contribution in [3.05, 3.63) is 212 Å². The Bertz CT molecular complexity index is 4630. The molecule has 0 aromatic heterocycles. The molecule has 29 heteroatoms. The number of thiocarbonyl (C=S) groups is 1. The number of hydrogen-bond acceptors (Lipinski definition) is 20. The van der Waals surface area contributed by atoms with E-state index in [0.717, 1.165) is 32.9 Å². The maximum absolute atomic E-state index is 14.1. The zero-order chi connectivity index (χ0) is 89.3. The van der Waals surface area contributed by atoms with Crippen molar-refractivity contribution in [3.63, 3.8) is 0 Å². The zero-order valence-corrected chi connectivity index (χ0v) is 82.3. The van der Waals surface area contributed by atoms with Crippen LogP contribution in [0.15, 0.2) is 206 Å². The highest BCUT2D eigenvalue weighted by Gasteiger charge is 2.42. The number of rotatable bonds is 35. The van der Waals surface area contributed by atoms with E-state index in [2.05, 4.69) is 20.3 Å². The molecule has 19 nitrogen and oxygen atoms in total. The number of fused-ring (bicyclic) bond motifs is 2. The van der Waals surface area contributed by atoms with Crippen LogP contribution < -0.4 is 43.0 Å². The second kappa shape index (κ2) is 49.9. The zero-order valence-electron chi connectivity index (χ0n) is 73.7. The Kier molecular flexibility index (Phi) is 44.0. The number of ether oxygens (including phenoxy) is 5. The lowest BCUT2D eigenvalue weighted by molar-refractivity contribution is -0.149. The normalized spacial score (nSPS) is 15.3. The maximum Gasteiger partial charge on any atom is 0.323 e. The number of hydrogen-bond donors (Lipinski definition) is 4. The van der Waals surface area contributed by atoms with Crippen LogP contribution in [0.25, 0.3) is 21.5 Å². The van der Waals surface area contributed by atoms with Gasteiger partial charge in [0.1, 0.15) is 59.5 Å². The minimum absolute atomic E-state index is 0.0596. The van der Waals surface area contributed by atoms with Gasteiger partial charge in [-0.2, -0.15) is 0 Å². The van der Waals surface area contributed by atoms with Gasteiger partial charge in [-0.25, -0.2) is 20.3 Å². The Morgan fingerprint density at radius 2 is 0.672 bits per heavy atom. The van der Waals surface area contributed by atoms with Gasteiger partial charge in [-0.15, -0.1) is 0 Å². The molecule has 119 heavy (non-hydrogen) atoms. The number of carbonyl (C=O) groups is 4. The Labute approximate surface area is 736 Å². The summed E-state index contributed by atoms with van der Waals surface area (Å²) in [6.07, 6.45) is -9.60. The number of nitrogens with one attached hydrogen (secondary N) is 4. The van der Waals surface area contributed by atoms with Gasteiger partial charge in [0.05, 0.1) is 25.4 Å². The predicted octanol–water partition coefficient (Wildman–Crippen LogP) is 23.7. The van der Waals surface area contributed by atoms with E-state index in [1.807, 2.05) is 338 Å². The summed E-state index contributed by atoms with van der Waals surface area (Å²) in [5, 5.41) is 16.8. The van der Waals surface area contributed by atoms with Crippen LogP contribution in [0.3, 0.4) is 0 Å². The second-order valence-electron chi connectivity index (χ2n) is 32.4. The number of para-hydroxylation sites is 3. The molecule has 0 aliphatic carbocycles. The molecule has 0 saturated carbocycles. The first kappa shape index (κ1) is 105. The van der Waals surface area contributed by atoms with E-state index in [4.69, 9.17) is 106 Å². The molecule has 0 heterocycles. The van der Waals surface area contributed by atoms with Crippen LogP contribution in [0, 0.1) is 11.3 Å². The highest BCUT2D eigenvalue weighted by atomic mass is 32.5. The third-order valence-corrected chi connectivity index (χ3v) is 39.0. The molecule has 8 rings (SSSR count). The molecule has 8 aromatic rings. The number of benzene rings is 8. The molecule has 0 spiro atoms. The highest BCUT2D eigenvalue weighted by Crippen LogP contribution is 2.60. The highest BCUT2D eigenvalue weighted by molar-refractivity contribution is 8.12. The largest absolute Gasteiger partial charge is 0.482 e. The maximum atomic E-state index is 14.1. The van der Waals surface area contributed by atoms with Crippen LogP contribution in [0.5, 0.6) is 28.7 Å². The Balaban J connectivity index is 0.000000316. The fraction of sp³-hybridized carbons (Fsp3) is 0.456. The minimum Gasteiger partial charge on any atom is -0.482 e. The summed E-state index contributed by atoms with van der Waals surface area (Å²) >= 11 is 28.4. The molecular weight excluding hydrogens is 1690 g/mol. The topological polar surface area (TPSA) is 226 Å². The second-order valence-corrected chi connectivity index (χ2v) is 53.2. The van der Waals surface area contributed by atoms with E-state index in [-0.39, 0.29) is 70.1 Å². The van der Waals surface area contributed by atoms with Gasteiger partial charge in [-0.3, -0.25) is 23.7 Å². The van der Waals surface area contributed by atoms with Gasteiger partial charge in [-0.05, 0) is 192 Å². The third-order valence-electron chi connectivity index (χ3n) is 17.4. The monoisotopic (exact) mass is 1820 g/mol. The minimum atomic E-state index is -3.10. The average molecular weight is 1820 g/mol. The van der Waals surface area contributed by atoms with Crippen LogP contribution in [0.1, 0.15) is 172 Å². The lowest BCUT2D eigenvalue weighted by Gasteiger charge is -2.33. The molecule has 10 atom stereocenters. The molecule has 0 amide bonds. The molecule has 0 aliphatic heterocycles. The smallest absolute Gasteiger partial charge is 0.323 e. The fourth-order valence-electron chi connectivity index (χ4n) is 10.3. The average Bonchev–Trinajstić information content (AvgIpc) is 0.784. The SMILES string of the molecule is CC(C)OC(=O)[C@@H](C)N[P@@](=S)(Oc1ccccc1)C(C)C.CC(C)OC(=O)[C@@H](C)N[P@](=S)(Oc1ccccc1)C(C)C.CC(C)P(=S)(N[C@H](C)C(=O)OCC(C)(C)C)Oc1cccc2ccccc12.CCOC(=O)[C@H](C)NP(=S)(Oc1ccccc1)C(C)C.C[C@H](CP(=O)(Oc1cccc2ccccc12)C(C)(C)C)C(=S)OCc1ccccc1. The van der Waals surface area contributed by atoms with Crippen molar-refractivity contribution in [2.45, 2.75) is 237 Å². The van der Waals surface area contributed by atoms with Gasteiger partial charge in [0, 0.05) is 50.6 Å².